The maximum Gasteiger partial charge on any atom is 0.166 e. The van der Waals surface area contributed by atoms with Crippen LogP contribution in [0.3, 0.4) is 0 Å². The molecule has 0 bridgehead atoms. The van der Waals surface area contributed by atoms with Crippen LogP contribution in [-0.2, 0) is 22.5 Å². The highest BCUT2D eigenvalue weighted by Crippen LogP contribution is 2.33. The Hall–Kier alpha value is -1.99. The summed E-state index contributed by atoms with van der Waals surface area (Å²) < 4.78 is 6.64. The standard InChI is InChI=1S/C17H16Cl2N4O2/c1-25-9-12(24)6-17-22-21-16-4-10(7-20)14(8-23(16)17)13-3-2-11(18)5-15(13)19/h2-5,8H,6-7,9,20H2,1H3. The van der Waals surface area contributed by atoms with Gasteiger partial charge in [-0.25, -0.2) is 0 Å². The Balaban J connectivity index is 2.12. The van der Waals surface area contributed by atoms with E-state index >= 15 is 0 Å². The molecule has 2 N–H and O–H groups in total. The Morgan fingerprint density at radius 1 is 1.24 bits per heavy atom. The number of halogens is 2. The van der Waals surface area contributed by atoms with E-state index < -0.39 is 0 Å². The average Bonchev–Trinajstić information content (AvgIpc) is 2.96. The van der Waals surface area contributed by atoms with Gasteiger partial charge in [0.1, 0.15) is 12.4 Å². The first-order valence-corrected chi connectivity index (χ1v) is 8.31. The number of nitrogens with zero attached hydrogens (tertiary/aromatic N) is 3. The number of aromatic nitrogens is 3. The molecule has 3 aromatic rings. The van der Waals surface area contributed by atoms with E-state index in [2.05, 4.69) is 10.2 Å². The first kappa shape index (κ1) is 17.8. The maximum absolute atomic E-state index is 11.9. The van der Waals surface area contributed by atoms with Crippen molar-refractivity contribution in [3.8, 4) is 11.1 Å². The molecule has 0 aliphatic heterocycles. The number of pyridine rings is 1. The van der Waals surface area contributed by atoms with Crippen LogP contribution in [0.2, 0.25) is 10.0 Å². The number of methoxy groups -OCH3 is 1. The average molecular weight is 379 g/mol. The second kappa shape index (κ2) is 7.49. The van der Waals surface area contributed by atoms with Crippen LogP contribution >= 0.6 is 23.2 Å². The minimum Gasteiger partial charge on any atom is -0.377 e. The van der Waals surface area contributed by atoms with Gasteiger partial charge < -0.3 is 10.5 Å². The zero-order chi connectivity index (χ0) is 18.0. The van der Waals surface area contributed by atoms with Gasteiger partial charge in [0.05, 0.1) is 6.42 Å². The van der Waals surface area contributed by atoms with Gasteiger partial charge in [-0.15, -0.1) is 10.2 Å². The zero-order valence-electron chi connectivity index (χ0n) is 13.5. The van der Waals surface area contributed by atoms with Crippen LogP contribution in [0, 0.1) is 0 Å². The van der Waals surface area contributed by atoms with Crippen molar-refractivity contribution in [1.82, 2.24) is 14.6 Å². The molecule has 0 radical (unpaired) electrons. The summed E-state index contributed by atoms with van der Waals surface area (Å²) in [5.74, 6) is 0.456. The summed E-state index contributed by atoms with van der Waals surface area (Å²) in [4.78, 5) is 11.9. The Morgan fingerprint density at radius 3 is 2.72 bits per heavy atom. The van der Waals surface area contributed by atoms with Gasteiger partial charge in [0.15, 0.2) is 11.4 Å². The molecular formula is C17H16Cl2N4O2. The second-order valence-corrected chi connectivity index (χ2v) is 6.38. The number of carbonyl (C=O) groups excluding carboxylic acids is 1. The fourth-order valence-corrected chi connectivity index (χ4v) is 3.16. The van der Waals surface area contributed by atoms with Crippen molar-refractivity contribution in [2.75, 3.05) is 13.7 Å². The van der Waals surface area contributed by atoms with Crippen LogP contribution < -0.4 is 5.73 Å². The van der Waals surface area contributed by atoms with Crippen molar-refractivity contribution < 1.29 is 9.53 Å². The van der Waals surface area contributed by atoms with Crippen LogP contribution in [0.15, 0.2) is 30.5 Å². The van der Waals surface area contributed by atoms with E-state index in [0.29, 0.717) is 28.1 Å². The van der Waals surface area contributed by atoms with Crippen LogP contribution in [0.25, 0.3) is 16.8 Å². The summed E-state index contributed by atoms with van der Waals surface area (Å²) in [6, 6.07) is 7.13. The molecule has 2 aromatic heterocycles. The van der Waals surface area contributed by atoms with Gasteiger partial charge in [0, 0.05) is 41.0 Å². The normalized spacial score (nSPS) is 11.2. The van der Waals surface area contributed by atoms with E-state index in [-0.39, 0.29) is 18.8 Å². The number of nitrogens with two attached hydrogens (primary N) is 1. The van der Waals surface area contributed by atoms with E-state index in [1.54, 1.807) is 16.5 Å². The van der Waals surface area contributed by atoms with E-state index in [1.165, 1.54) is 7.11 Å². The van der Waals surface area contributed by atoms with Gasteiger partial charge in [-0.3, -0.25) is 9.20 Å². The van der Waals surface area contributed by atoms with E-state index in [0.717, 1.165) is 16.7 Å². The lowest BCUT2D eigenvalue weighted by atomic mass is 10.0. The first-order valence-electron chi connectivity index (χ1n) is 7.56. The molecule has 0 fully saturated rings. The Kier molecular flexibility index (Phi) is 5.34. The number of hydrogen-bond donors (Lipinski definition) is 1. The summed E-state index contributed by atoms with van der Waals surface area (Å²) in [6.45, 7) is 0.348. The van der Waals surface area contributed by atoms with Crippen molar-refractivity contribution in [1.29, 1.82) is 0 Å². The summed E-state index contributed by atoms with van der Waals surface area (Å²) in [5.41, 5.74) is 9.03. The van der Waals surface area contributed by atoms with Crippen molar-refractivity contribution in [3.05, 3.63) is 51.9 Å². The molecule has 2 heterocycles. The Morgan fingerprint density at radius 2 is 2.04 bits per heavy atom. The SMILES string of the molecule is COCC(=O)Cc1nnc2cc(CN)c(-c3ccc(Cl)cc3Cl)cn12. The fourth-order valence-electron chi connectivity index (χ4n) is 2.65. The summed E-state index contributed by atoms with van der Waals surface area (Å²) in [7, 11) is 1.48. The van der Waals surface area contributed by atoms with Crippen LogP contribution in [0.5, 0.6) is 0 Å². The maximum atomic E-state index is 11.9. The molecule has 0 saturated heterocycles. The van der Waals surface area contributed by atoms with E-state index in [4.69, 9.17) is 33.7 Å². The van der Waals surface area contributed by atoms with E-state index in [9.17, 15) is 4.79 Å². The largest absolute Gasteiger partial charge is 0.377 e. The van der Waals surface area contributed by atoms with Crippen molar-refractivity contribution >= 4 is 34.6 Å². The molecule has 0 saturated carbocycles. The number of rotatable bonds is 6. The predicted octanol–water partition coefficient (Wildman–Crippen LogP) is 2.92. The molecule has 8 heteroatoms. The lowest BCUT2D eigenvalue weighted by Gasteiger charge is -2.12. The molecule has 6 nitrogen and oxygen atoms in total. The first-order chi connectivity index (χ1) is 12.0. The topological polar surface area (TPSA) is 82.5 Å². The molecular weight excluding hydrogens is 363 g/mol. The van der Waals surface area contributed by atoms with Gasteiger partial charge in [-0.05, 0) is 23.8 Å². The fraction of sp³-hybridized carbons (Fsp3) is 0.235. The molecule has 0 unspecified atom stereocenters. The lowest BCUT2D eigenvalue weighted by Crippen LogP contribution is -2.12. The van der Waals surface area contributed by atoms with Crippen LogP contribution in [-0.4, -0.2) is 34.1 Å². The van der Waals surface area contributed by atoms with Gasteiger partial charge >= 0.3 is 0 Å². The minimum absolute atomic E-state index is 0.0334. The Bertz CT molecular complexity index is 940. The monoisotopic (exact) mass is 378 g/mol. The third-order valence-electron chi connectivity index (χ3n) is 3.80. The predicted molar refractivity (Wildman–Crippen MR) is 96.9 cm³/mol. The highest BCUT2D eigenvalue weighted by Gasteiger charge is 2.15. The number of ketones is 1. The number of hydrogen-bond acceptors (Lipinski definition) is 5. The molecule has 3 rings (SSSR count). The highest BCUT2D eigenvalue weighted by molar-refractivity contribution is 6.36. The van der Waals surface area contributed by atoms with Gasteiger partial charge in [-0.1, -0.05) is 29.3 Å². The number of carbonyl (C=O) groups is 1. The minimum atomic E-state index is -0.0780. The number of fused-ring (bicyclic) bond motifs is 1. The molecule has 130 valence electrons. The number of Topliss-reactive ketones (excluding diaryl/α,β-unsaturated/α-hetero) is 1. The van der Waals surface area contributed by atoms with Gasteiger partial charge in [-0.2, -0.15) is 0 Å². The van der Waals surface area contributed by atoms with Crippen LogP contribution in [0.4, 0.5) is 0 Å². The molecule has 0 spiro atoms. The third-order valence-corrected chi connectivity index (χ3v) is 4.35. The zero-order valence-corrected chi connectivity index (χ0v) is 15.0. The second-order valence-electron chi connectivity index (χ2n) is 5.53. The summed E-state index contributed by atoms with van der Waals surface area (Å²) >= 11 is 12.3. The number of ether oxygens (including phenoxy) is 1. The third kappa shape index (κ3) is 3.67. The summed E-state index contributed by atoms with van der Waals surface area (Å²) in [6.07, 6.45) is 1.98. The summed E-state index contributed by atoms with van der Waals surface area (Å²) in [5, 5.41) is 9.30. The van der Waals surface area contributed by atoms with Gasteiger partial charge in [0.2, 0.25) is 0 Å². The molecule has 0 aliphatic carbocycles. The number of benzene rings is 1. The van der Waals surface area contributed by atoms with Crippen molar-refractivity contribution in [2.24, 2.45) is 5.73 Å². The van der Waals surface area contributed by atoms with E-state index in [1.807, 2.05) is 18.3 Å². The molecule has 0 atom stereocenters. The van der Waals surface area contributed by atoms with Crippen molar-refractivity contribution in [2.45, 2.75) is 13.0 Å². The molecule has 25 heavy (non-hydrogen) atoms. The van der Waals surface area contributed by atoms with Crippen LogP contribution in [0.1, 0.15) is 11.4 Å². The molecule has 0 aliphatic rings. The smallest absolute Gasteiger partial charge is 0.166 e. The lowest BCUT2D eigenvalue weighted by molar-refractivity contribution is -0.122. The Labute approximate surface area is 154 Å². The quantitative estimate of drug-likeness (QED) is 0.712. The molecule has 1 aromatic carbocycles. The molecule has 0 amide bonds. The van der Waals surface area contributed by atoms with Gasteiger partial charge in [0.25, 0.3) is 0 Å². The van der Waals surface area contributed by atoms with Crippen molar-refractivity contribution in [3.63, 3.8) is 0 Å². The highest BCUT2D eigenvalue weighted by atomic mass is 35.5.